The Morgan fingerprint density at radius 2 is 2.06 bits per heavy atom. The van der Waals surface area contributed by atoms with Gasteiger partial charge in [-0.1, -0.05) is 6.07 Å². The molecule has 0 aliphatic heterocycles. The number of rotatable bonds is 1. The van der Waals surface area contributed by atoms with Gasteiger partial charge < -0.3 is 4.98 Å². The van der Waals surface area contributed by atoms with Crippen LogP contribution < -0.4 is 0 Å². The zero-order chi connectivity index (χ0) is 11.8. The predicted octanol–water partition coefficient (Wildman–Crippen LogP) is 3.07. The molecular weight excluding hydrogens is 217 g/mol. The first kappa shape index (κ1) is 9.96. The van der Waals surface area contributed by atoms with Crippen molar-refractivity contribution in [3.63, 3.8) is 0 Å². The first-order valence-electron chi connectivity index (χ1n) is 5.30. The van der Waals surface area contributed by atoms with E-state index in [9.17, 15) is 4.39 Å². The highest BCUT2D eigenvalue weighted by molar-refractivity contribution is 5.79. The van der Waals surface area contributed by atoms with Crippen molar-refractivity contribution in [3.05, 3.63) is 48.0 Å². The van der Waals surface area contributed by atoms with Crippen molar-refractivity contribution >= 4 is 11.0 Å². The molecule has 3 rings (SSSR count). The molecule has 17 heavy (non-hydrogen) atoms. The smallest absolute Gasteiger partial charge is 0.142 e. The van der Waals surface area contributed by atoms with E-state index in [1.807, 2.05) is 25.1 Å². The fourth-order valence-electron chi connectivity index (χ4n) is 1.80. The zero-order valence-electron chi connectivity index (χ0n) is 9.24. The summed E-state index contributed by atoms with van der Waals surface area (Å²) in [4.78, 5) is 11.4. The molecule has 0 unspecified atom stereocenters. The number of pyridine rings is 1. The van der Waals surface area contributed by atoms with Crippen molar-refractivity contribution in [2.24, 2.45) is 0 Å². The van der Waals surface area contributed by atoms with Gasteiger partial charge in [0.1, 0.15) is 11.6 Å². The summed E-state index contributed by atoms with van der Waals surface area (Å²) in [5.74, 6) is 0.275. The fraction of sp³-hybridized carbons (Fsp3) is 0.0769. The van der Waals surface area contributed by atoms with E-state index >= 15 is 0 Å². The minimum Gasteiger partial charge on any atom is -0.338 e. The van der Waals surface area contributed by atoms with E-state index in [2.05, 4.69) is 15.0 Å². The number of imidazole rings is 1. The van der Waals surface area contributed by atoms with E-state index < -0.39 is 0 Å². The molecule has 0 fully saturated rings. The highest BCUT2D eigenvalue weighted by Gasteiger charge is 2.06. The van der Waals surface area contributed by atoms with Crippen molar-refractivity contribution in [1.29, 1.82) is 0 Å². The second-order valence-electron chi connectivity index (χ2n) is 4.00. The van der Waals surface area contributed by atoms with Crippen molar-refractivity contribution in [3.8, 4) is 11.4 Å². The van der Waals surface area contributed by atoms with Crippen LogP contribution in [-0.2, 0) is 0 Å². The third-order valence-corrected chi connectivity index (χ3v) is 2.62. The van der Waals surface area contributed by atoms with Crippen LogP contribution in [0.3, 0.4) is 0 Å². The Morgan fingerprint density at radius 3 is 2.88 bits per heavy atom. The van der Waals surface area contributed by atoms with E-state index in [0.29, 0.717) is 11.4 Å². The SMILES string of the molecule is Cc1ccc2nc(-c3cncc(F)c3)[nH]c2c1. The topological polar surface area (TPSA) is 41.6 Å². The summed E-state index contributed by atoms with van der Waals surface area (Å²) in [6.45, 7) is 2.02. The van der Waals surface area contributed by atoms with E-state index in [0.717, 1.165) is 16.6 Å². The van der Waals surface area contributed by atoms with Gasteiger partial charge in [0, 0.05) is 11.8 Å². The molecule has 0 aliphatic carbocycles. The first-order valence-corrected chi connectivity index (χ1v) is 5.30. The maximum atomic E-state index is 13.1. The lowest BCUT2D eigenvalue weighted by molar-refractivity contribution is 0.622. The fourth-order valence-corrected chi connectivity index (χ4v) is 1.80. The Bertz CT molecular complexity index is 688. The van der Waals surface area contributed by atoms with Gasteiger partial charge in [-0.3, -0.25) is 4.98 Å². The van der Waals surface area contributed by atoms with Crippen LogP contribution in [-0.4, -0.2) is 15.0 Å². The van der Waals surface area contributed by atoms with Crippen LogP contribution in [0.25, 0.3) is 22.4 Å². The molecule has 0 atom stereocenters. The Hall–Kier alpha value is -2.23. The van der Waals surface area contributed by atoms with E-state index in [1.165, 1.54) is 12.3 Å². The van der Waals surface area contributed by atoms with Crippen LogP contribution in [0.2, 0.25) is 0 Å². The van der Waals surface area contributed by atoms with Gasteiger partial charge in [0.05, 0.1) is 17.2 Å². The van der Waals surface area contributed by atoms with Gasteiger partial charge in [-0.2, -0.15) is 0 Å². The van der Waals surface area contributed by atoms with Crippen molar-refractivity contribution in [2.75, 3.05) is 0 Å². The van der Waals surface area contributed by atoms with Crippen LogP contribution in [0.1, 0.15) is 5.56 Å². The normalized spacial score (nSPS) is 10.9. The second kappa shape index (κ2) is 3.66. The van der Waals surface area contributed by atoms with Crippen LogP contribution in [0.5, 0.6) is 0 Å². The summed E-state index contributed by atoms with van der Waals surface area (Å²) in [5, 5.41) is 0. The zero-order valence-corrected chi connectivity index (χ0v) is 9.24. The Kier molecular flexibility index (Phi) is 2.14. The Morgan fingerprint density at radius 1 is 1.18 bits per heavy atom. The lowest BCUT2D eigenvalue weighted by Crippen LogP contribution is -1.84. The number of hydrogen-bond donors (Lipinski definition) is 1. The van der Waals surface area contributed by atoms with Gasteiger partial charge in [0.15, 0.2) is 0 Å². The first-order chi connectivity index (χ1) is 8.22. The lowest BCUT2D eigenvalue weighted by Gasteiger charge is -1.94. The second-order valence-corrected chi connectivity index (χ2v) is 4.00. The number of aromatic nitrogens is 3. The van der Waals surface area contributed by atoms with Crippen molar-refractivity contribution in [1.82, 2.24) is 15.0 Å². The summed E-state index contributed by atoms with van der Waals surface area (Å²) in [6.07, 6.45) is 2.77. The largest absolute Gasteiger partial charge is 0.338 e. The quantitative estimate of drug-likeness (QED) is 0.694. The van der Waals surface area contributed by atoms with E-state index in [1.54, 1.807) is 6.20 Å². The van der Waals surface area contributed by atoms with Gasteiger partial charge in [-0.05, 0) is 30.7 Å². The number of halogens is 1. The summed E-state index contributed by atoms with van der Waals surface area (Å²) >= 11 is 0. The maximum absolute atomic E-state index is 13.1. The summed E-state index contributed by atoms with van der Waals surface area (Å²) in [6, 6.07) is 7.37. The standard InChI is InChI=1S/C13H10FN3/c1-8-2-3-11-12(4-8)17-13(16-11)9-5-10(14)7-15-6-9/h2-7H,1H3,(H,16,17). The number of H-pyrrole nitrogens is 1. The van der Waals surface area contributed by atoms with Crippen LogP contribution in [0, 0.1) is 12.7 Å². The molecule has 2 aromatic heterocycles. The highest BCUT2D eigenvalue weighted by Crippen LogP contribution is 2.20. The molecule has 84 valence electrons. The minimum absolute atomic E-state index is 0.362. The molecule has 2 heterocycles. The van der Waals surface area contributed by atoms with Gasteiger partial charge in [-0.15, -0.1) is 0 Å². The number of aromatic amines is 1. The average molecular weight is 227 g/mol. The van der Waals surface area contributed by atoms with Gasteiger partial charge >= 0.3 is 0 Å². The molecule has 1 N–H and O–H groups in total. The van der Waals surface area contributed by atoms with Crippen molar-refractivity contribution in [2.45, 2.75) is 6.92 Å². The molecule has 0 radical (unpaired) electrons. The molecule has 0 spiro atoms. The molecule has 0 aliphatic rings. The van der Waals surface area contributed by atoms with Crippen LogP contribution in [0.4, 0.5) is 4.39 Å². The third kappa shape index (κ3) is 1.78. The van der Waals surface area contributed by atoms with Crippen LogP contribution >= 0.6 is 0 Å². The number of aryl methyl sites for hydroxylation is 1. The number of nitrogens with zero attached hydrogens (tertiary/aromatic N) is 2. The molecule has 1 aromatic carbocycles. The minimum atomic E-state index is -0.362. The van der Waals surface area contributed by atoms with Gasteiger partial charge in [0.2, 0.25) is 0 Å². The van der Waals surface area contributed by atoms with Gasteiger partial charge in [-0.25, -0.2) is 9.37 Å². The van der Waals surface area contributed by atoms with Gasteiger partial charge in [0.25, 0.3) is 0 Å². The number of nitrogens with one attached hydrogen (secondary N) is 1. The van der Waals surface area contributed by atoms with Crippen LogP contribution in [0.15, 0.2) is 36.7 Å². The molecule has 0 bridgehead atoms. The summed E-state index contributed by atoms with van der Waals surface area (Å²) in [5.41, 5.74) is 3.63. The number of hydrogen-bond acceptors (Lipinski definition) is 2. The Balaban J connectivity index is 2.18. The molecule has 4 heteroatoms. The third-order valence-electron chi connectivity index (χ3n) is 2.62. The molecule has 0 saturated heterocycles. The molecule has 0 amide bonds. The molecule has 0 saturated carbocycles. The predicted molar refractivity (Wildman–Crippen MR) is 64.0 cm³/mol. The molecule has 3 aromatic rings. The molecular formula is C13H10FN3. The molecule has 3 nitrogen and oxygen atoms in total. The lowest BCUT2D eigenvalue weighted by atomic mass is 10.2. The Labute approximate surface area is 97.3 Å². The summed E-state index contributed by atoms with van der Waals surface area (Å²) < 4.78 is 13.1. The van der Waals surface area contributed by atoms with E-state index in [4.69, 9.17) is 0 Å². The van der Waals surface area contributed by atoms with E-state index in [-0.39, 0.29) is 5.82 Å². The number of benzene rings is 1. The maximum Gasteiger partial charge on any atom is 0.142 e. The monoisotopic (exact) mass is 227 g/mol. The highest BCUT2D eigenvalue weighted by atomic mass is 19.1. The summed E-state index contributed by atoms with van der Waals surface area (Å²) in [7, 11) is 0. The van der Waals surface area contributed by atoms with Crippen molar-refractivity contribution < 1.29 is 4.39 Å². The number of fused-ring (bicyclic) bond motifs is 1. The average Bonchev–Trinajstić information content (AvgIpc) is 2.72.